The van der Waals surface area contributed by atoms with Gasteiger partial charge in [-0.15, -0.1) is 0 Å². The van der Waals surface area contributed by atoms with Crippen LogP contribution in [0.15, 0.2) is 24.0 Å². The van der Waals surface area contributed by atoms with E-state index in [0.717, 1.165) is 18.5 Å². The normalized spacial score (nSPS) is 17.2. The van der Waals surface area contributed by atoms with Gasteiger partial charge < -0.3 is 20.1 Å². The van der Waals surface area contributed by atoms with Crippen molar-refractivity contribution >= 4 is 12.0 Å². The average Bonchev–Trinajstić information content (AvgIpc) is 3.43. The van der Waals surface area contributed by atoms with Gasteiger partial charge in [-0.1, -0.05) is 0 Å². The predicted octanol–water partition coefficient (Wildman–Crippen LogP) is 2.13. The molecule has 0 saturated heterocycles. The van der Waals surface area contributed by atoms with Crippen molar-refractivity contribution in [3.63, 3.8) is 0 Å². The molecule has 0 bridgehead atoms. The van der Waals surface area contributed by atoms with E-state index in [1.807, 2.05) is 4.90 Å². The molecule has 1 aliphatic carbocycles. The summed E-state index contributed by atoms with van der Waals surface area (Å²) in [6.07, 6.45) is 2.27. The minimum Gasteiger partial charge on any atom is -0.477 e. The second-order valence-electron chi connectivity index (χ2n) is 6.15. The Bertz CT molecular complexity index is 703. The van der Waals surface area contributed by atoms with Crippen LogP contribution in [-0.4, -0.2) is 52.7 Å². The number of aromatic nitrogens is 1. The van der Waals surface area contributed by atoms with E-state index in [1.54, 1.807) is 12.1 Å². The van der Waals surface area contributed by atoms with Crippen molar-refractivity contribution in [3.8, 4) is 5.88 Å². The Morgan fingerprint density at radius 1 is 1.48 bits per heavy atom. The third-order valence-corrected chi connectivity index (χ3v) is 4.31. The quantitative estimate of drug-likeness (QED) is 0.787. The Balaban J connectivity index is 1.54. The monoisotopic (exact) mass is 349 g/mol. The highest BCUT2D eigenvalue weighted by Crippen LogP contribution is 2.31. The van der Waals surface area contributed by atoms with Crippen LogP contribution in [0.1, 0.15) is 35.3 Å². The molecule has 0 radical (unpaired) electrons. The van der Waals surface area contributed by atoms with Crippen molar-refractivity contribution in [2.45, 2.75) is 31.7 Å². The number of hydrogen-bond donors (Lipinski definition) is 2. The second-order valence-corrected chi connectivity index (χ2v) is 6.15. The Labute approximate surface area is 144 Å². The number of halogens is 1. The van der Waals surface area contributed by atoms with Crippen LogP contribution >= 0.6 is 0 Å². The zero-order valence-corrected chi connectivity index (χ0v) is 13.7. The first-order valence-corrected chi connectivity index (χ1v) is 8.27. The van der Waals surface area contributed by atoms with E-state index in [-0.39, 0.29) is 31.1 Å². The van der Waals surface area contributed by atoms with Crippen LogP contribution in [0, 0.1) is 0 Å². The van der Waals surface area contributed by atoms with Gasteiger partial charge in [-0.2, -0.15) is 0 Å². The molecule has 25 heavy (non-hydrogen) atoms. The summed E-state index contributed by atoms with van der Waals surface area (Å²) in [7, 11) is 0. The molecule has 8 heteroatoms. The van der Waals surface area contributed by atoms with E-state index >= 15 is 0 Å². The predicted molar refractivity (Wildman–Crippen MR) is 87.3 cm³/mol. The van der Waals surface area contributed by atoms with Crippen LogP contribution in [-0.2, 0) is 6.42 Å². The average molecular weight is 349 g/mol. The van der Waals surface area contributed by atoms with Crippen LogP contribution < -0.4 is 10.1 Å². The lowest BCUT2D eigenvalue weighted by atomic mass is 10.0. The van der Waals surface area contributed by atoms with Gasteiger partial charge in [0.15, 0.2) is 0 Å². The highest BCUT2D eigenvalue weighted by molar-refractivity contribution is 5.96. The summed E-state index contributed by atoms with van der Waals surface area (Å²) >= 11 is 0. The zero-order valence-electron chi connectivity index (χ0n) is 13.7. The van der Waals surface area contributed by atoms with Crippen LogP contribution in [0.2, 0.25) is 0 Å². The van der Waals surface area contributed by atoms with Crippen LogP contribution in [0.3, 0.4) is 0 Å². The molecule has 0 atom stereocenters. The summed E-state index contributed by atoms with van der Waals surface area (Å²) in [5.41, 5.74) is 1.64. The van der Waals surface area contributed by atoms with Crippen LogP contribution in [0.4, 0.5) is 9.18 Å². The van der Waals surface area contributed by atoms with Gasteiger partial charge in [0.2, 0.25) is 5.88 Å². The largest absolute Gasteiger partial charge is 0.477 e. The maximum absolute atomic E-state index is 12.7. The summed E-state index contributed by atoms with van der Waals surface area (Å²) in [6, 6.07) is 3.76. The number of pyridine rings is 1. The summed E-state index contributed by atoms with van der Waals surface area (Å²) in [5.74, 6) is 0.418. The van der Waals surface area contributed by atoms with E-state index in [4.69, 9.17) is 9.84 Å². The van der Waals surface area contributed by atoms with Crippen LogP contribution in [0.5, 0.6) is 5.88 Å². The number of carbonyl (C=O) groups is 2. The van der Waals surface area contributed by atoms with Crippen LogP contribution in [0.25, 0.3) is 0 Å². The highest BCUT2D eigenvalue weighted by Gasteiger charge is 2.36. The minimum absolute atomic E-state index is 0.0326. The molecule has 1 aliphatic heterocycles. The number of nitrogens with one attached hydrogen (secondary N) is 1. The van der Waals surface area contributed by atoms with E-state index in [2.05, 4.69) is 10.3 Å². The van der Waals surface area contributed by atoms with Gasteiger partial charge in [0.05, 0.1) is 24.2 Å². The molecule has 0 spiro atoms. The number of nitrogens with zero attached hydrogens (tertiary/aromatic N) is 2. The lowest BCUT2D eigenvalue weighted by Gasteiger charge is -2.28. The van der Waals surface area contributed by atoms with Gasteiger partial charge in [-0.25, -0.2) is 14.2 Å². The van der Waals surface area contributed by atoms with Crippen molar-refractivity contribution in [3.05, 3.63) is 35.3 Å². The molecule has 1 aromatic rings. The van der Waals surface area contributed by atoms with E-state index in [1.165, 1.54) is 0 Å². The van der Waals surface area contributed by atoms with Gasteiger partial charge in [-0.3, -0.25) is 4.79 Å². The Morgan fingerprint density at radius 2 is 2.28 bits per heavy atom. The third-order valence-electron chi connectivity index (χ3n) is 4.31. The smallest absolute Gasteiger partial charge is 0.404 e. The molecule has 2 amide bonds. The molecule has 2 aliphatic rings. The van der Waals surface area contributed by atoms with Crippen molar-refractivity contribution in [2.75, 3.05) is 19.7 Å². The van der Waals surface area contributed by atoms with Gasteiger partial charge >= 0.3 is 6.09 Å². The first kappa shape index (κ1) is 17.2. The molecular formula is C17H20FN3O4. The van der Waals surface area contributed by atoms with Crippen molar-refractivity contribution in [2.24, 2.45) is 0 Å². The molecule has 1 fully saturated rings. The number of carboxylic acid groups (broad SMARTS) is 1. The number of hydrogen-bond acceptors (Lipinski definition) is 4. The minimum atomic E-state index is -1.21. The summed E-state index contributed by atoms with van der Waals surface area (Å²) < 4.78 is 18.2. The molecule has 1 saturated carbocycles. The first-order chi connectivity index (χ1) is 12.1. The highest BCUT2D eigenvalue weighted by atomic mass is 19.1. The Kier molecular flexibility index (Phi) is 5.16. The lowest BCUT2D eigenvalue weighted by molar-refractivity contribution is 0.0724. The molecule has 2 heterocycles. The first-order valence-electron chi connectivity index (χ1n) is 8.27. The fourth-order valence-electron chi connectivity index (χ4n) is 2.82. The fourth-order valence-corrected chi connectivity index (χ4v) is 2.82. The molecule has 0 unspecified atom stereocenters. The van der Waals surface area contributed by atoms with Crippen molar-refractivity contribution in [1.82, 2.24) is 15.2 Å². The van der Waals surface area contributed by atoms with Crippen molar-refractivity contribution in [1.29, 1.82) is 0 Å². The molecular weight excluding hydrogens is 329 g/mol. The number of ether oxygens (including phenoxy) is 1. The maximum atomic E-state index is 12.7. The second kappa shape index (κ2) is 7.50. The molecule has 1 aromatic heterocycles. The van der Waals surface area contributed by atoms with E-state index < -0.39 is 6.09 Å². The summed E-state index contributed by atoms with van der Waals surface area (Å²) in [5, 5.41) is 10.6. The Hall–Kier alpha value is -2.64. The van der Waals surface area contributed by atoms with Gasteiger partial charge in [-0.05, 0) is 24.5 Å². The molecule has 134 valence electrons. The number of carbonyl (C=O) groups excluding carboxylic acids is 1. The topological polar surface area (TPSA) is 91.8 Å². The maximum Gasteiger partial charge on any atom is 0.404 e. The number of rotatable bonds is 7. The SMILES string of the molecule is O=C(O)NCC(=CF)CCOc1ccc2c(n1)CCN(C1CC1)C2=O. The lowest BCUT2D eigenvalue weighted by Crippen LogP contribution is -2.39. The molecule has 3 rings (SSSR count). The van der Waals surface area contributed by atoms with Crippen molar-refractivity contribution < 1.29 is 23.8 Å². The Morgan fingerprint density at radius 3 is 2.96 bits per heavy atom. The van der Waals surface area contributed by atoms with Gasteiger partial charge in [0.1, 0.15) is 0 Å². The van der Waals surface area contributed by atoms with E-state index in [9.17, 15) is 14.0 Å². The summed E-state index contributed by atoms with van der Waals surface area (Å²) in [6.45, 7) is 0.770. The number of amides is 2. The standard InChI is InChI=1S/C17H20FN3O4/c18-9-11(10-19-17(23)24)6-8-25-15-4-3-13-14(20-15)5-7-21(16(13)22)12-1-2-12/h3-4,9,12,19H,1-2,5-8,10H2,(H,23,24). The fraction of sp³-hybridized carbons (Fsp3) is 0.471. The van der Waals surface area contributed by atoms with E-state index in [0.29, 0.717) is 36.8 Å². The third kappa shape index (κ3) is 4.26. The van der Waals surface area contributed by atoms with Gasteiger partial charge in [0, 0.05) is 38.0 Å². The molecule has 7 nitrogen and oxygen atoms in total. The molecule has 2 N–H and O–H groups in total. The van der Waals surface area contributed by atoms with Gasteiger partial charge in [0.25, 0.3) is 5.91 Å². The zero-order chi connectivity index (χ0) is 17.8. The number of fused-ring (bicyclic) bond motifs is 1. The summed E-state index contributed by atoms with van der Waals surface area (Å²) in [4.78, 5) is 29.1. The molecule has 0 aromatic carbocycles.